The van der Waals surface area contributed by atoms with Gasteiger partial charge in [0.05, 0.1) is 5.02 Å². The number of piperidine rings is 1. The van der Waals surface area contributed by atoms with Crippen LogP contribution in [0.2, 0.25) is 5.02 Å². The van der Waals surface area contributed by atoms with Crippen LogP contribution >= 0.6 is 22.9 Å². The highest BCUT2D eigenvalue weighted by atomic mass is 35.5. The monoisotopic (exact) mass is 476 g/mol. The van der Waals surface area contributed by atoms with Crippen molar-refractivity contribution in [3.05, 3.63) is 45.5 Å². The molecule has 32 heavy (non-hydrogen) atoms. The maximum absolute atomic E-state index is 15.1. The van der Waals surface area contributed by atoms with Gasteiger partial charge in [-0.15, -0.1) is 11.3 Å². The zero-order chi connectivity index (χ0) is 22.1. The first-order chi connectivity index (χ1) is 15.6. The minimum atomic E-state index is -0.149. The number of carbonyl (C=O) groups is 1. The minimum absolute atomic E-state index is 0.00266. The molecule has 3 aliphatic rings. The lowest BCUT2D eigenvalue weighted by atomic mass is 9.87. The van der Waals surface area contributed by atoms with Crippen LogP contribution in [-0.4, -0.2) is 61.1 Å². The number of rotatable bonds is 4. The van der Waals surface area contributed by atoms with Gasteiger partial charge in [0.25, 0.3) is 5.91 Å². The Morgan fingerprint density at radius 1 is 1.03 bits per heavy atom. The molecule has 0 bridgehead atoms. The zero-order valence-electron chi connectivity index (χ0n) is 18.3. The van der Waals surface area contributed by atoms with Crippen molar-refractivity contribution >= 4 is 28.8 Å². The first-order valence-electron chi connectivity index (χ1n) is 11.8. The van der Waals surface area contributed by atoms with Crippen LogP contribution in [0.3, 0.4) is 0 Å². The van der Waals surface area contributed by atoms with Gasteiger partial charge < -0.3 is 14.5 Å². The summed E-state index contributed by atoms with van der Waals surface area (Å²) < 4.78 is 20.6. The number of hydrogen-bond donors (Lipinski definition) is 0. The second-order valence-corrected chi connectivity index (χ2v) is 10.6. The average Bonchev–Trinajstić information content (AvgIpc) is 3.50. The number of amides is 1. The molecule has 3 saturated heterocycles. The lowest BCUT2D eigenvalue weighted by Gasteiger charge is -2.39. The van der Waals surface area contributed by atoms with Gasteiger partial charge in [-0.3, -0.25) is 4.79 Å². The fourth-order valence-electron chi connectivity index (χ4n) is 5.36. The molecule has 5 rings (SSSR count). The molecule has 7 heteroatoms. The van der Waals surface area contributed by atoms with Crippen LogP contribution in [0.5, 0.6) is 0 Å². The summed E-state index contributed by atoms with van der Waals surface area (Å²) in [6, 6.07) is 7.96. The van der Waals surface area contributed by atoms with Crippen molar-refractivity contribution in [3.63, 3.8) is 0 Å². The lowest BCUT2D eigenvalue weighted by molar-refractivity contribution is 0.0250. The highest BCUT2D eigenvalue weighted by Crippen LogP contribution is 2.38. The van der Waals surface area contributed by atoms with Crippen LogP contribution in [0.1, 0.15) is 59.7 Å². The van der Waals surface area contributed by atoms with Gasteiger partial charge in [0.15, 0.2) is 0 Å². The first-order valence-corrected chi connectivity index (χ1v) is 13.0. The van der Waals surface area contributed by atoms with Crippen molar-refractivity contribution in [2.45, 2.75) is 50.5 Å². The van der Waals surface area contributed by atoms with Gasteiger partial charge in [0.2, 0.25) is 0 Å². The molecule has 1 amide bonds. The van der Waals surface area contributed by atoms with Crippen molar-refractivity contribution < 1.29 is 13.9 Å². The first kappa shape index (κ1) is 22.3. The predicted molar refractivity (Wildman–Crippen MR) is 127 cm³/mol. The Balaban J connectivity index is 1.27. The number of hydrogen-bond acceptors (Lipinski definition) is 4. The number of nitrogens with zero attached hydrogens (tertiary/aromatic N) is 2. The van der Waals surface area contributed by atoms with E-state index in [0.717, 1.165) is 93.9 Å². The lowest BCUT2D eigenvalue weighted by Crippen LogP contribution is -2.43. The quantitative estimate of drug-likeness (QED) is 0.559. The summed E-state index contributed by atoms with van der Waals surface area (Å²) in [5, 5.41) is 0.465. The van der Waals surface area contributed by atoms with Crippen molar-refractivity contribution in [2.24, 2.45) is 0 Å². The fraction of sp³-hybridized carbons (Fsp3) is 0.560. The third kappa shape index (κ3) is 4.60. The van der Waals surface area contributed by atoms with Gasteiger partial charge in [-0.25, -0.2) is 4.39 Å². The Morgan fingerprint density at radius 3 is 2.44 bits per heavy atom. The van der Waals surface area contributed by atoms with Gasteiger partial charge in [-0.1, -0.05) is 23.7 Å². The van der Waals surface area contributed by atoms with E-state index in [4.69, 9.17) is 16.3 Å². The third-order valence-electron chi connectivity index (χ3n) is 7.24. The molecule has 172 valence electrons. The van der Waals surface area contributed by atoms with Gasteiger partial charge >= 0.3 is 0 Å². The Kier molecular flexibility index (Phi) is 6.84. The molecule has 2 aromatic rings. The molecule has 1 aromatic carbocycles. The van der Waals surface area contributed by atoms with E-state index in [-0.39, 0.29) is 17.6 Å². The zero-order valence-corrected chi connectivity index (χ0v) is 19.9. The van der Waals surface area contributed by atoms with E-state index >= 15 is 4.39 Å². The van der Waals surface area contributed by atoms with Gasteiger partial charge in [0, 0.05) is 37.2 Å². The van der Waals surface area contributed by atoms with Crippen LogP contribution in [0.4, 0.5) is 4.39 Å². The molecule has 3 fully saturated rings. The van der Waals surface area contributed by atoms with E-state index in [1.165, 1.54) is 11.3 Å². The molecule has 0 spiro atoms. The van der Waals surface area contributed by atoms with E-state index in [1.807, 2.05) is 17.0 Å². The molecule has 1 aromatic heterocycles. The summed E-state index contributed by atoms with van der Waals surface area (Å²) in [7, 11) is 0. The molecule has 0 aliphatic carbocycles. The normalized spacial score (nSPS) is 21.4. The molecule has 0 atom stereocenters. The number of ether oxygens (including phenoxy) is 1. The Bertz CT molecular complexity index is 961. The fourth-order valence-corrected chi connectivity index (χ4v) is 6.74. The second kappa shape index (κ2) is 9.80. The smallest absolute Gasteiger partial charge is 0.265 e. The average molecular weight is 477 g/mol. The Hall–Kier alpha value is -1.47. The van der Waals surface area contributed by atoms with Crippen LogP contribution in [0, 0.1) is 5.82 Å². The maximum atomic E-state index is 15.1. The van der Waals surface area contributed by atoms with E-state index in [9.17, 15) is 4.79 Å². The SMILES string of the molecule is O=C(c1sc(-c2ccc(C3CCN(C4CCOCC4)CC3)c(F)c2)cc1Cl)N1CCCC1. The van der Waals surface area contributed by atoms with E-state index in [2.05, 4.69) is 4.90 Å². The number of carbonyl (C=O) groups excluding carboxylic acids is 1. The van der Waals surface area contributed by atoms with Crippen molar-refractivity contribution in [1.29, 1.82) is 0 Å². The van der Waals surface area contributed by atoms with Gasteiger partial charge in [-0.05, 0) is 80.8 Å². The molecule has 4 nitrogen and oxygen atoms in total. The maximum Gasteiger partial charge on any atom is 0.265 e. The number of likely N-dealkylation sites (tertiary alicyclic amines) is 2. The molecule has 3 aliphatic heterocycles. The summed E-state index contributed by atoms with van der Waals surface area (Å²) in [5.74, 6) is 0.112. The predicted octanol–water partition coefficient (Wildman–Crippen LogP) is 5.80. The van der Waals surface area contributed by atoms with E-state index < -0.39 is 0 Å². The largest absolute Gasteiger partial charge is 0.381 e. The highest BCUT2D eigenvalue weighted by Gasteiger charge is 2.29. The number of benzene rings is 1. The van der Waals surface area contributed by atoms with Crippen LogP contribution < -0.4 is 0 Å². The standard InChI is InChI=1S/C25H30ClFN2O2S/c26-21-16-23(32-24(21)25(30)29-9-1-2-10-29)18-3-4-20(22(27)15-18)17-5-11-28(12-6-17)19-7-13-31-14-8-19/h3-4,15-17,19H,1-2,5-14H2. The molecule has 0 N–H and O–H groups in total. The molecule has 0 unspecified atom stereocenters. The number of halogens is 2. The van der Waals surface area contributed by atoms with E-state index in [0.29, 0.717) is 15.9 Å². The van der Waals surface area contributed by atoms with Crippen LogP contribution in [0.25, 0.3) is 10.4 Å². The molecule has 0 saturated carbocycles. The molecular weight excluding hydrogens is 447 g/mol. The van der Waals surface area contributed by atoms with Crippen molar-refractivity contribution in [1.82, 2.24) is 9.80 Å². The minimum Gasteiger partial charge on any atom is -0.381 e. The molecule has 0 radical (unpaired) electrons. The molecule has 4 heterocycles. The van der Waals surface area contributed by atoms with Crippen LogP contribution in [0.15, 0.2) is 24.3 Å². The number of thiophene rings is 1. The Morgan fingerprint density at radius 2 is 1.75 bits per heavy atom. The Labute approximate surface area is 198 Å². The summed E-state index contributed by atoms with van der Waals surface area (Å²) in [6.45, 7) is 5.35. The highest BCUT2D eigenvalue weighted by molar-refractivity contribution is 7.18. The summed E-state index contributed by atoms with van der Waals surface area (Å²) in [4.78, 5) is 18.6. The van der Waals surface area contributed by atoms with Gasteiger partial charge in [-0.2, -0.15) is 0 Å². The van der Waals surface area contributed by atoms with Crippen molar-refractivity contribution in [3.8, 4) is 10.4 Å². The summed E-state index contributed by atoms with van der Waals surface area (Å²) in [6.07, 6.45) is 6.29. The van der Waals surface area contributed by atoms with Crippen molar-refractivity contribution in [2.75, 3.05) is 39.4 Å². The third-order valence-corrected chi connectivity index (χ3v) is 8.82. The van der Waals surface area contributed by atoms with Gasteiger partial charge in [0.1, 0.15) is 10.7 Å². The second-order valence-electron chi connectivity index (χ2n) is 9.18. The topological polar surface area (TPSA) is 32.8 Å². The summed E-state index contributed by atoms with van der Waals surface area (Å²) in [5.41, 5.74) is 1.61. The molecular formula is C25H30ClFN2O2S. The van der Waals surface area contributed by atoms with Crippen LogP contribution in [-0.2, 0) is 4.74 Å². The van der Waals surface area contributed by atoms with E-state index in [1.54, 1.807) is 12.1 Å². The summed E-state index contributed by atoms with van der Waals surface area (Å²) >= 11 is 7.76.